The van der Waals surface area contributed by atoms with Gasteiger partial charge in [0.15, 0.2) is 0 Å². The van der Waals surface area contributed by atoms with E-state index in [9.17, 15) is 5.11 Å². The van der Waals surface area contributed by atoms with E-state index in [1.807, 2.05) is 19.1 Å². The molecule has 2 aromatic rings. The van der Waals surface area contributed by atoms with Gasteiger partial charge in [-0.1, -0.05) is 57.3 Å². The number of aryl methyl sites for hydroxylation is 1. The van der Waals surface area contributed by atoms with Crippen LogP contribution in [-0.4, -0.2) is 5.11 Å². The standard InChI is InChI=1S/C14H11BrCl2O/c1-8-2-3-9(6-13(8)17)14(18)11-5-4-10(16)7-12(11)15/h2-7,14,18H,1H3. The second kappa shape index (κ2) is 5.62. The molecule has 1 atom stereocenters. The molecule has 2 rings (SSSR count). The fraction of sp³-hybridized carbons (Fsp3) is 0.143. The molecule has 0 aliphatic heterocycles. The van der Waals surface area contributed by atoms with Crippen molar-refractivity contribution in [3.8, 4) is 0 Å². The highest BCUT2D eigenvalue weighted by Gasteiger charge is 2.14. The van der Waals surface area contributed by atoms with E-state index in [1.165, 1.54) is 0 Å². The van der Waals surface area contributed by atoms with E-state index in [0.29, 0.717) is 10.0 Å². The Labute approximate surface area is 124 Å². The summed E-state index contributed by atoms with van der Waals surface area (Å²) < 4.78 is 0.777. The summed E-state index contributed by atoms with van der Waals surface area (Å²) in [5.74, 6) is 0. The monoisotopic (exact) mass is 344 g/mol. The van der Waals surface area contributed by atoms with Gasteiger partial charge in [0, 0.05) is 14.5 Å². The zero-order valence-electron chi connectivity index (χ0n) is 9.62. The SMILES string of the molecule is Cc1ccc(C(O)c2ccc(Cl)cc2Br)cc1Cl. The first-order valence-electron chi connectivity index (χ1n) is 5.38. The number of benzene rings is 2. The Hall–Kier alpha value is -0.540. The maximum absolute atomic E-state index is 10.3. The fourth-order valence-corrected chi connectivity index (χ4v) is 2.77. The summed E-state index contributed by atoms with van der Waals surface area (Å²) in [6.45, 7) is 1.93. The lowest BCUT2D eigenvalue weighted by Crippen LogP contribution is -2.01. The van der Waals surface area contributed by atoms with Gasteiger partial charge < -0.3 is 5.11 Å². The molecule has 0 aliphatic carbocycles. The lowest BCUT2D eigenvalue weighted by Gasteiger charge is -2.14. The van der Waals surface area contributed by atoms with Crippen LogP contribution in [0.2, 0.25) is 10.0 Å². The maximum atomic E-state index is 10.3. The molecule has 0 radical (unpaired) electrons. The van der Waals surface area contributed by atoms with Crippen molar-refractivity contribution in [3.05, 3.63) is 67.6 Å². The van der Waals surface area contributed by atoms with Gasteiger partial charge in [0.2, 0.25) is 0 Å². The molecule has 0 bridgehead atoms. The molecule has 0 aliphatic rings. The van der Waals surface area contributed by atoms with E-state index < -0.39 is 6.10 Å². The Morgan fingerprint density at radius 1 is 1.11 bits per heavy atom. The lowest BCUT2D eigenvalue weighted by atomic mass is 10.0. The van der Waals surface area contributed by atoms with Crippen LogP contribution < -0.4 is 0 Å². The van der Waals surface area contributed by atoms with Gasteiger partial charge in [0.25, 0.3) is 0 Å². The normalized spacial score (nSPS) is 12.5. The van der Waals surface area contributed by atoms with Gasteiger partial charge in [-0.2, -0.15) is 0 Å². The van der Waals surface area contributed by atoms with Crippen LogP contribution in [-0.2, 0) is 0 Å². The lowest BCUT2D eigenvalue weighted by molar-refractivity contribution is 0.219. The minimum atomic E-state index is -0.727. The van der Waals surface area contributed by atoms with Gasteiger partial charge in [-0.05, 0) is 41.8 Å². The minimum Gasteiger partial charge on any atom is -0.384 e. The molecular weight excluding hydrogens is 335 g/mol. The smallest absolute Gasteiger partial charge is 0.105 e. The molecule has 2 aromatic carbocycles. The molecule has 1 unspecified atom stereocenters. The average Bonchev–Trinajstić information content (AvgIpc) is 2.32. The van der Waals surface area contributed by atoms with Crippen molar-refractivity contribution in [2.24, 2.45) is 0 Å². The highest BCUT2D eigenvalue weighted by Crippen LogP contribution is 2.32. The third kappa shape index (κ3) is 2.89. The summed E-state index contributed by atoms with van der Waals surface area (Å²) in [5.41, 5.74) is 2.51. The van der Waals surface area contributed by atoms with E-state index in [1.54, 1.807) is 24.3 Å². The zero-order valence-corrected chi connectivity index (χ0v) is 12.7. The highest BCUT2D eigenvalue weighted by molar-refractivity contribution is 9.10. The van der Waals surface area contributed by atoms with Crippen LogP contribution in [0.25, 0.3) is 0 Å². The van der Waals surface area contributed by atoms with E-state index in [4.69, 9.17) is 23.2 Å². The molecule has 0 heterocycles. The molecule has 0 saturated heterocycles. The van der Waals surface area contributed by atoms with Crippen molar-refractivity contribution in [2.75, 3.05) is 0 Å². The summed E-state index contributed by atoms with van der Waals surface area (Å²) >= 11 is 15.3. The summed E-state index contributed by atoms with van der Waals surface area (Å²) in [6, 6.07) is 10.8. The number of halogens is 3. The Morgan fingerprint density at radius 2 is 1.83 bits per heavy atom. The predicted octanol–water partition coefficient (Wildman–Crippen LogP) is 5.15. The predicted molar refractivity (Wildman–Crippen MR) is 79.4 cm³/mol. The number of aliphatic hydroxyl groups excluding tert-OH is 1. The molecule has 1 nitrogen and oxygen atoms in total. The van der Waals surface area contributed by atoms with Crippen LogP contribution in [0.5, 0.6) is 0 Å². The summed E-state index contributed by atoms with van der Waals surface area (Å²) in [4.78, 5) is 0. The Morgan fingerprint density at radius 3 is 2.44 bits per heavy atom. The van der Waals surface area contributed by atoms with Crippen LogP contribution in [0.3, 0.4) is 0 Å². The molecule has 0 spiro atoms. The summed E-state index contributed by atoms with van der Waals surface area (Å²) in [5, 5.41) is 11.6. The number of hydrogen-bond acceptors (Lipinski definition) is 1. The van der Waals surface area contributed by atoms with Gasteiger partial charge in [-0.3, -0.25) is 0 Å². The Balaban J connectivity index is 2.41. The van der Waals surface area contributed by atoms with E-state index in [-0.39, 0.29) is 0 Å². The van der Waals surface area contributed by atoms with Crippen LogP contribution in [0.1, 0.15) is 22.8 Å². The third-order valence-electron chi connectivity index (χ3n) is 2.77. The van der Waals surface area contributed by atoms with Crippen molar-refractivity contribution in [1.82, 2.24) is 0 Å². The highest BCUT2D eigenvalue weighted by atomic mass is 79.9. The molecular formula is C14H11BrCl2O. The quantitative estimate of drug-likeness (QED) is 0.798. The first kappa shape index (κ1) is 13.9. The average molecular weight is 346 g/mol. The van der Waals surface area contributed by atoms with Crippen LogP contribution in [0, 0.1) is 6.92 Å². The van der Waals surface area contributed by atoms with Crippen molar-refractivity contribution in [2.45, 2.75) is 13.0 Å². The first-order valence-corrected chi connectivity index (χ1v) is 6.93. The topological polar surface area (TPSA) is 20.2 Å². The largest absolute Gasteiger partial charge is 0.384 e. The third-order valence-corrected chi connectivity index (χ3v) is 4.10. The van der Waals surface area contributed by atoms with E-state index in [0.717, 1.165) is 21.2 Å². The molecule has 0 fully saturated rings. The number of aliphatic hydroxyl groups is 1. The van der Waals surface area contributed by atoms with E-state index in [2.05, 4.69) is 15.9 Å². The molecule has 0 aromatic heterocycles. The first-order chi connectivity index (χ1) is 8.49. The van der Waals surface area contributed by atoms with Gasteiger partial charge in [0.05, 0.1) is 0 Å². The molecule has 4 heteroatoms. The summed E-state index contributed by atoms with van der Waals surface area (Å²) in [6.07, 6.45) is -0.727. The van der Waals surface area contributed by atoms with Crippen molar-refractivity contribution in [3.63, 3.8) is 0 Å². The van der Waals surface area contributed by atoms with Crippen LogP contribution >= 0.6 is 39.1 Å². The van der Waals surface area contributed by atoms with Gasteiger partial charge in [-0.25, -0.2) is 0 Å². The van der Waals surface area contributed by atoms with Crippen molar-refractivity contribution >= 4 is 39.1 Å². The molecule has 0 saturated carbocycles. The minimum absolute atomic E-state index is 0.625. The van der Waals surface area contributed by atoms with E-state index >= 15 is 0 Å². The van der Waals surface area contributed by atoms with Gasteiger partial charge in [-0.15, -0.1) is 0 Å². The van der Waals surface area contributed by atoms with Crippen LogP contribution in [0.4, 0.5) is 0 Å². The molecule has 94 valence electrons. The second-order valence-corrected chi connectivity index (χ2v) is 5.77. The van der Waals surface area contributed by atoms with Gasteiger partial charge >= 0.3 is 0 Å². The fourth-order valence-electron chi connectivity index (χ4n) is 1.68. The number of rotatable bonds is 2. The van der Waals surface area contributed by atoms with Crippen molar-refractivity contribution in [1.29, 1.82) is 0 Å². The van der Waals surface area contributed by atoms with Crippen molar-refractivity contribution < 1.29 is 5.11 Å². The summed E-state index contributed by atoms with van der Waals surface area (Å²) in [7, 11) is 0. The van der Waals surface area contributed by atoms with Gasteiger partial charge in [0.1, 0.15) is 6.10 Å². The Kier molecular flexibility index (Phi) is 4.33. The zero-order chi connectivity index (χ0) is 13.3. The maximum Gasteiger partial charge on any atom is 0.105 e. The molecule has 1 N–H and O–H groups in total. The Bertz CT molecular complexity index is 584. The second-order valence-electron chi connectivity index (χ2n) is 4.08. The molecule has 18 heavy (non-hydrogen) atoms. The van der Waals surface area contributed by atoms with Crippen LogP contribution in [0.15, 0.2) is 40.9 Å². The number of hydrogen-bond donors (Lipinski definition) is 1. The molecule has 0 amide bonds.